The molecular weight excluding hydrogens is 104 g/mol. The summed E-state index contributed by atoms with van der Waals surface area (Å²) < 4.78 is 0. The van der Waals surface area contributed by atoms with Crippen LogP contribution in [0.25, 0.3) is 0 Å². The molecule has 0 heterocycles. The van der Waals surface area contributed by atoms with Crippen molar-refractivity contribution in [3.05, 3.63) is 0 Å². The Morgan fingerprint density at radius 2 is 1.88 bits per heavy atom. The van der Waals surface area contributed by atoms with Crippen LogP contribution in [0.1, 0.15) is 19.8 Å². The molecule has 3 atom stereocenters. The zero-order valence-corrected chi connectivity index (χ0v) is 5.04. The Labute approximate surface area is 49.1 Å². The fourth-order valence-electron chi connectivity index (χ4n) is 1.15. The average Bonchev–Trinajstić information content (AvgIpc) is 1.98. The second-order valence-corrected chi connectivity index (χ2v) is 2.61. The molecule has 1 aliphatic rings. The quantitative estimate of drug-likeness (QED) is 0.472. The van der Waals surface area contributed by atoms with Gasteiger partial charge in [-0.3, -0.25) is 0 Å². The largest absolute Gasteiger partial charge is 0.390 e. The summed E-state index contributed by atoms with van der Waals surface area (Å²) in [4.78, 5) is 0. The molecule has 1 saturated carbocycles. The Morgan fingerprint density at radius 3 is 2.00 bits per heavy atom. The van der Waals surface area contributed by atoms with Crippen molar-refractivity contribution >= 4 is 0 Å². The van der Waals surface area contributed by atoms with E-state index in [1.807, 2.05) is 6.92 Å². The van der Waals surface area contributed by atoms with Crippen molar-refractivity contribution in [2.24, 2.45) is 5.92 Å². The monoisotopic (exact) mass is 116 g/mol. The molecule has 1 rings (SSSR count). The molecule has 0 radical (unpaired) electrons. The van der Waals surface area contributed by atoms with Gasteiger partial charge in [-0.05, 0) is 18.8 Å². The SMILES string of the molecule is CC1CC[C@@H](O)[C@@H]1O. The van der Waals surface area contributed by atoms with Gasteiger partial charge in [0.15, 0.2) is 0 Å². The van der Waals surface area contributed by atoms with Crippen molar-refractivity contribution in [1.29, 1.82) is 0 Å². The second kappa shape index (κ2) is 2.03. The van der Waals surface area contributed by atoms with Gasteiger partial charge in [0.05, 0.1) is 12.2 Å². The van der Waals surface area contributed by atoms with E-state index in [-0.39, 0.29) is 0 Å². The van der Waals surface area contributed by atoms with E-state index in [4.69, 9.17) is 10.2 Å². The summed E-state index contributed by atoms with van der Waals surface area (Å²) in [6.45, 7) is 1.96. The first-order chi connectivity index (χ1) is 3.72. The van der Waals surface area contributed by atoms with Crippen LogP contribution in [0, 0.1) is 5.92 Å². The standard InChI is InChI=1S/C6H12O2/c1-4-2-3-5(7)6(4)8/h4-8H,2-3H2,1H3/t4?,5-,6-/m1/s1. The van der Waals surface area contributed by atoms with E-state index in [1.165, 1.54) is 0 Å². The minimum atomic E-state index is -0.463. The zero-order valence-electron chi connectivity index (χ0n) is 5.04. The third-order valence-electron chi connectivity index (χ3n) is 1.90. The molecule has 0 amide bonds. The summed E-state index contributed by atoms with van der Waals surface area (Å²) in [5, 5.41) is 17.9. The molecule has 0 aromatic rings. The van der Waals surface area contributed by atoms with Crippen molar-refractivity contribution in [3.8, 4) is 0 Å². The minimum absolute atomic E-state index is 0.296. The molecular formula is C6H12O2. The van der Waals surface area contributed by atoms with E-state index >= 15 is 0 Å². The van der Waals surface area contributed by atoms with Crippen LogP contribution in [0.2, 0.25) is 0 Å². The van der Waals surface area contributed by atoms with Crippen LogP contribution in [0.4, 0.5) is 0 Å². The van der Waals surface area contributed by atoms with Crippen LogP contribution in [-0.2, 0) is 0 Å². The molecule has 1 aliphatic carbocycles. The van der Waals surface area contributed by atoms with E-state index in [9.17, 15) is 0 Å². The number of hydrogen-bond donors (Lipinski definition) is 2. The number of aliphatic hydroxyl groups excluding tert-OH is 2. The van der Waals surface area contributed by atoms with Crippen molar-refractivity contribution in [3.63, 3.8) is 0 Å². The van der Waals surface area contributed by atoms with E-state index in [2.05, 4.69) is 0 Å². The van der Waals surface area contributed by atoms with Gasteiger partial charge in [-0.1, -0.05) is 6.92 Å². The Morgan fingerprint density at radius 1 is 1.25 bits per heavy atom. The van der Waals surface area contributed by atoms with E-state index < -0.39 is 12.2 Å². The normalized spacial score (nSPS) is 47.6. The highest BCUT2D eigenvalue weighted by Crippen LogP contribution is 2.24. The molecule has 8 heavy (non-hydrogen) atoms. The van der Waals surface area contributed by atoms with E-state index in [1.54, 1.807) is 0 Å². The minimum Gasteiger partial charge on any atom is -0.390 e. The third kappa shape index (κ3) is 0.858. The Kier molecular flexibility index (Phi) is 1.54. The first kappa shape index (κ1) is 6.05. The molecule has 48 valence electrons. The van der Waals surface area contributed by atoms with Gasteiger partial charge in [0.1, 0.15) is 0 Å². The Hall–Kier alpha value is -0.0800. The molecule has 2 heteroatoms. The van der Waals surface area contributed by atoms with Gasteiger partial charge >= 0.3 is 0 Å². The molecule has 2 nitrogen and oxygen atoms in total. The van der Waals surface area contributed by atoms with E-state index in [0.29, 0.717) is 5.92 Å². The molecule has 1 fully saturated rings. The first-order valence-corrected chi connectivity index (χ1v) is 3.08. The van der Waals surface area contributed by atoms with Crippen molar-refractivity contribution in [1.82, 2.24) is 0 Å². The fraction of sp³-hybridized carbons (Fsp3) is 1.00. The second-order valence-electron chi connectivity index (χ2n) is 2.61. The topological polar surface area (TPSA) is 40.5 Å². The predicted molar refractivity (Wildman–Crippen MR) is 30.4 cm³/mol. The van der Waals surface area contributed by atoms with Gasteiger partial charge in [0.25, 0.3) is 0 Å². The Bertz CT molecular complexity index is 72.6. The Balaban J connectivity index is 2.44. The molecule has 0 aliphatic heterocycles. The summed E-state index contributed by atoms with van der Waals surface area (Å²) in [7, 11) is 0. The molecule has 0 spiro atoms. The lowest BCUT2D eigenvalue weighted by atomic mass is 10.1. The van der Waals surface area contributed by atoms with Crippen LogP contribution >= 0.6 is 0 Å². The van der Waals surface area contributed by atoms with Crippen molar-refractivity contribution in [2.45, 2.75) is 32.0 Å². The van der Waals surface area contributed by atoms with Gasteiger partial charge in [0.2, 0.25) is 0 Å². The van der Waals surface area contributed by atoms with Crippen molar-refractivity contribution < 1.29 is 10.2 Å². The lowest BCUT2D eigenvalue weighted by Gasteiger charge is -2.09. The van der Waals surface area contributed by atoms with Crippen LogP contribution in [0.5, 0.6) is 0 Å². The molecule has 0 saturated heterocycles. The van der Waals surface area contributed by atoms with Crippen molar-refractivity contribution in [2.75, 3.05) is 0 Å². The molecule has 2 N–H and O–H groups in total. The highest BCUT2D eigenvalue weighted by molar-refractivity contribution is 4.80. The van der Waals surface area contributed by atoms with Crippen LogP contribution in [0.15, 0.2) is 0 Å². The average molecular weight is 116 g/mol. The van der Waals surface area contributed by atoms with Gasteiger partial charge < -0.3 is 10.2 Å². The number of aliphatic hydroxyl groups is 2. The maximum Gasteiger partial charge on any atom is 0.0824 e. The first-order valence-electron chi connectivity index (χ1n) is 3.08. The lowest BCUT2D eigenvalue weighted by molar-refractivity contribution is 0.0245. The maximum atomic E-state index is 9.02. The number of rotatable bonds is 0. The molecule has 0 aromatic carbocycles. The fourth-order valence-corrected chi connectivity index (χ4v) is 1.15. The highest BCUT2D eigenvalue weighted by atomic mass is 16.3. The van der Waals surface area contributed by atoms with Crippen LogP contribution in [0.3, 0.4) is 0 Å². The van der Waals surface area contributed by atoms with Gasteiger partial charge in [-0.25, -0.2) is 0 Å². The smallest absolute Gasteiger partial charge is 0.0824 e. The van der Waals surface area contributed by atoms with Gasteiger partial charge in [-0.15, -0.1) is 0 Å². The summed E-state index contributed by atoms with van der Waals surface area (Å²) in [5.74, 6) is 0.296. The lowest BCUT2D eigenvalue weighted by Crippen LogP contribution is -2.22. The van der Waals surface area contributed by atoms with Crippen LogP contribution in [-0.4, -0.2) is 22.4 Å². The third-order valence-corrected chi connectivity index (χ3v) is 1.90. The highest BCUT2D eigenvalue weighted by Gasteiger charge is 2.29. The molecule has 0 aromatic heterocycles. The predicted octanol–water partition coefficient (Wildman–Crippen LogP) is 0.138. The summed E-state index contributed by atoms with van der Waals surface area (Å²) in [6.07, 6.45) is 0.810. The van der Waals surface area contributed by atoms with E-state index in [0.717, 1.165) is 12.8 Å². The molecule has 0 bridgehead atoms. The van der Waals surface area contributed by atoms with Gasteiger partial charge in [-0.2, -0.15) is 0 Å². The maximum absolute atomic E-state index is 9.02. The summed E-state index contributed by atoms with van der Waals surface area (Å²) in [6, 6.07) is 0. The summed E-state index contributed by atoms with van der Waals surface area (Å²) >= 11 is 0. The number of hydrogen-bond acceptors (Lipinski definition) is 2. The van der Waals surface area contributed by atoms with Crippen LogP contribution < -0.4 is 0 Å². The summed E-state index contributed by atoms with van der Waals surface area (Å²) in [5.41, 5.74) is 0. The molecule has 1 unspecified atom stereocenters. The van der Waals surface area contributed by atoms with Gasteiger partial charge in [0, 0.05) is 0 Å². The zero-order chi connectivity index (χ0) is 6.15.